The second kappa shape index (κ2) is 8.16. The van der Waals surface area contributed by atoms with Crippen LogP contribution in [0.4, 0.5) is 5.95 Å². The second-order valence-corrected chi connectivity index (χ2v) is 11.5. The van der Waals surface area contributed by atoms with Crippen LogP contribution in [0.5, 0.6) is 0 Å². The van der Waals surface area contributed by atoms with E-state index in [0.29, 0.717) is 30.2 Å². The zero-order chi connectivity index (χ0) is 22.2. The number of carbonyl (C=O) groups excluding carboxylic acids is 2. The van der Waals surface area contributed by atoms with Gasteiger partial charge in [-0.1, -0.05) is 0 Å². The molecule has 7 nitrogen and oxygen atoms in total. The number of fused-ring (bicyclic) bond motifs is 4. The van der Waals surface area contributed by atoms with Crippen molar-refractivity contribution >= 4 is 30.2 Å². The van der Waals surface area contributed by atoms with Crippen LogP contribution in [0.3, 0.4) is 0 Å². The normalized spacial score (nSPS) is 40.1. The number of aromatic nitrogens is 2. The molecule has 0 radical (unpaired) electrons. The van der Waals surface area contributed by atoms with Crippen molar-refractivity contribution in [3.63, 3.8) is 0 Å². The zero-order valence-corrected chi connectivity index (χ0v) is 20.7. The second-order valence-electron chi connectivity index (χ2n) is 11.5. The summed E-state index contributed by atoms with van der Waals surface area (Å²) in [4.78, 5) is 43.1. The Bertz CT molecular complexity index is 901. The number of nitrogens with zero attached hydrogens (tertiary/aromatic N) is 5. The highest BCUT2D eigenvalue weighted by molar-refractivity contribution is 6.12. The molecular weight excluding hydrogens is 450 g/mol. The maximum atomic E-state index is 13.9. The van der Waals surface area contributed by atoms with Gasteiger partial charge < -0.3 is 4.90 Å². The molecule has 2 aliphatic heterocycles. The number of unbranched alkanes of at least 4 members (excludes halogenated alkanes) is 1. The fourth-order valence-corrected chi connectivity index (χ4v) is 9.66. The third kappa shape index (κ3) is 2.69. The average Bonchev–Trinajstić information content (AvgIpc) is 3.65. The van der Waals surface area contributed by atoms with Gasteiger partial charge in [0.15, 0.2) is 0 Å². The first kappa shape index (κ1) is 22.7. The molecule has 4 saturated carbocycles. The van der Waals surface area contributed by atoms with Crippen molar-refractivity contribution in [3.05, 3.63) is 18.5 Å². The van der Waals surface area contributed by atoms with Crippen LogP contribution < -0.4 is 4.90 Å². The standard InChI is InChI=1S/C26H35N5O2.ClH/c32-22-25-18-4-5-19(16-18)26(25,21-7-6-20(25)17-21)23(33)31(22)11-2-1-10-29-12-14-30(15-13-29)24-27-8-3-9-28-24;/h3,8-9,18-21H,1-2,4-7,10-17H2;1H. The molecule has 7 rings (SSSR count). The SMILES string of the molecule is Cl.O=C1N(CCCCN2CCN(c3ncccn3)CC2)C(=O)C23C4CCC(C4)C12C1CCC3C1. The molecule has 0 aromatic carbocycles. The maximum absolute atomic E-state index is 13.9. The third-order valence-corrected chi connectivity index (χ3v) is 10.6. The van der Waals surface area contributed by atoms with Crippen LogP contribution in [-0.4, -0.2) is 70.9 Å². The highest BCUT2D eigenvalue weighted by Crippen LogP contribution is 2.83. The molecule has 8 heteroatoms. The fraction of sp³-hybridized carbons (Fsp3) is 0.769. The van der Waals surface area contributed by atoms with E-state index in [1.807, 2.05) is 6.07 Å². The van der Waals surface area contributed by atoms with Crippen LogP contribution in [-0.2, 0) is 9.59 Å². The van der Waals surface area contributed by atoms with E-state index in [9.17, 15) is 9.59 Å². The first-order valence-corrected chi connectivity index (χ1v) is 13.3. The summed E-state index contributed by atoms with van der Waals surface area (Å²) in [6, 6.07) is 1.85. The summed E-state index contributed by atoms with van der Waals surface area (Å²) in [5.41, 5.74) is -0.572. The smallest absolute Gasteiger partial charge is 0.237 e. The van der Waals surface area contributed by atoms with Crippen molar-refractivity contribution in [3.8, 4) is 0 Å². The van der Waals surface area contributed by atoms with Crippen LogP contribution in [0.25, 0.3) is 0 Å². The summed E-state index contributed by atoms with van der Waals surface area (Å²) in [5, 5.41) is 0. The number of likely N-dealkylation sites (tertiary alicyclic amines) is 1. The molecule has 6 fully saturated rings. The summed E-state index contributed by atoms with van der Waals surface area (Å²) in [7, 11) is 0. The van der Waals surface area contributed by atoms with Crippen molar-refractivity contribution < 1.29 is 9.59 Å². The Hall–Kier alpha value is -1.73. The summed E-state index contributed by atoms with van der Waals surface area (Å²) in [5.74, 6) is 3.29. The molecule has 4 unspecified atom stereocenters. The third-order valence-electron chi connectivity index (χ3n) is 10.6. The Morgan fingerprint density at radius 2 is 1.26 bits per heavy atom. The van der Waals surface area contributed by atoms with E-state index in [1.54, 1.807) is 17.3 Å². The van der Waals surface area contributed by atoms with Crippen molar-refractivity contribution in [2.75, 3.05) is 44.2 Å². The fourth-order valence-electron chi connectivity index (χ4n) is 9.66. The van der Waals surface area contributed by atoms with Crippen LogP contribution >= 0.6 is 12.4 Å². The summed E-state index contributed by atoms with van der Waals surface area (Å²) in [6.45, 7) is 5.59. The highest BCUT2D eigenvalue weighted by atomic mass is 35.5. The Labute approximate surface area is 208 Å². The molecule has 34 heavy (non-hydrogen) atoms. The molecule has 6 aliphatic rings. The van der Waals surface area contributed by atoms with Gasteiger partial charge in [-0.3, -0.25) is 19.4 Å². The van der Waals surface area contributed by atoms with Gasteiger partial charge in [-0.25, -0.2) is 9.97 Å². The van der Waals surface area contributed by atoms with Crippen LogP contribution in [0.15, 0.2) is 18.5 Å². The molecule has 2 saturated heterocycles. The minimum atomic E-state index is -0.286. The van der Waals surface area contributed by atoms with Crippen molar-refractivity contribution in [1.82, 2.24) is 19.8 Å². The molecule has 184 valence electrons. The van der Waals surface area contributed by atoms with Gasteiger partial charge >= 0.3 is 0 Å². The lowest BCUT2D eigenvalue weighted by Gasteiger charge is -2.47. The number of hydrogen-bond acceptors (Lipinski definition) is 6. The largest absolute Gasteiger partial charge is 0.338 e. The molecule has 1 aromatic heterocycles. The van der Waals surface area contributed by atoms with E-state index < -0.39 is 0 Å². The van der Waals surface area contributed by atoms with Gasteiger partial charge in [-0.15, -0.1) is 12.4 Å². The Morgan fingerprint density at radius 3 is 1.79 bits per heavy atom. The molecule has 0 N–H and O–H groups in total. The molecule has 4 atom stereocenters. The van der Waals surface area contributed by atoms with Crippen LogP contribution in [0, 0.1) is 34.5 Å². The molecule has 0 spiro atoms. The lowest BCUT2D eigenvalue weighted by Crippen LogP contribution is -2.53. The Morgan fingerprint density at radius 1 is 0.765 bits per heavy atom. The summed E-state index contributed by atoms with van der Waals surface area (Å²) in [6.07, 6.45) is 12.6. The minimum absolute atomic E-state index is 0. The van der Waals surface area contributed by atoms with E-state index >= 15 is 0 Å². The number of anilines is 1. The molecule has 1 aromatic rings. The number of rotatable bonds is 6. The zero-order valence-electron chi connectivity index (χ0n) is 19.9. The lowest BCUT2D eigenvalue weighted by atomic mass is 9.51. The number of hydrogen-bond donors (Lipinski definition) is 0. The van der Waals surface area contributed by atoms with Gasteiger partial charge in [-0.2, -0.15) is 0 Å². The summed E-state index contributed by atoms with van der Waals surface area (Å²) < 4.78 is 0. The maximum Gasteiger partial charge on any atom is 0.237 e. The van der Waals surface area contributed by atoms with Crippen molar-refractivity contribution in [2.24, 2.45) is 34.5 Å². The topological polar surface area (TPSA) is 69.6 Å². The summed E-state index contributed by atoms with van der Waals surface area (Å²) >= 11 is 0. The molecule has 4 bridgehead atoms. The predicted octanol–water partition coefficient (Wildman–Crippen LogP) is 3.00. The van der Waals surface area contributed by atoms with Gasteiger partial charge in [0.1, 0.15) is 0 Å². The average molecular weight is 486 g/mol. The molecule has 2 amide bonds. The van der Waals surface area contributed by atoms with Crippen molar-refractivity contribution in [1.29, 1.82) is 0 Å². The van der Waals surface area contributed by atoms with Gasteiger partial charge in [0.05, 0.1) is 10.8 Å². The number of carbonyl (C=O) groups is 2. The van der Waals surface area contributed by atoms with E-state index in [-0.39, 0.29) is 35.1 Å². The van der Waals surface area contributed by atoms with Gasteiger partial charge in [0, 0.05) is 45.1 Å². The first-order valence-electron chi connectivity index (χ1n) is 13.3. The minimum Gasteiger partial charge on any atom is -0.338 e. The van der Waals surface area contributed by atoms with E-state index in [4.69, 9.17) is 0 Å². The van der Waals surface area contributed by atoms with Crippen molar-refractivity contribution in [2.45, 2.75) is 51.4 Å². The molecule has 3 heterocycles. The Balaban J connectivity index is 0.00000217. The highest BCUT2D eigenvalue weighted by Gasteiger charge is 2.86. The molecular formula is C26H36ClN5O2. The first-order chi connectivity index (χ1) is 16.2. The number of piperazine rings is 1. The van der Waals surface area contributed by atoms with Gasteiger partial charge in [0.25, 0.3) is 0 Å². The van der Waals surface area contributed by atoms with Gasteiger partial charge in [0.2, 0.25) is 17.8 Å². The van der Waals surface area contributed by atoms with E-state index in [0.717, 1.165) is 64.4 Å². The van der Waals surface area contributed by atoms with E-state index in [1.165, 1.54) is 25.7 Å². The number of amides is 2. The van der Waals surface area contributed by atoms with E-state index in [2.05, 4.69) is 19.8 Å². The number of imide groups is 1. The monoisotopic (exact) mass is 485 g/mol. The predicted molar refractivity (Wildman–Crippen MR) is 130 cm³/mol. The van der Waals surface area contributed by atoms with Crippen LogP contribution in [0.1, 0.15) is 51.4 Å². The number of halogens is 1. The lowest BCUT2D eigenvalue weighted by molar-refractivity contribution is -0.148. The van der Waals surface area contributed by atoms with Crippen LogP contribution in [0.2, 0.25) is 0 Å². The molecule has 4 aliphatic carbocycles. The Kier molecular flexibility index (Phi) is 5.45. The van der Waals surface area contributed by atoms with Gasteiger partial charge in [-0.05, 0) is 87.6 Å². The quantitative estimate of drug-likeness (QED) is 0.455.